The standard InChI is InChI=1S/C17H24ClF2O3PS/c1-5-8-15(16(18)14-11-9-13(4)10-12-14)25-17(19,20)24(21,22-6-2)23-7-3/h9-12H,5-8H2,1-4H3/b16-15+. The number of hydrogen-bond donors (Lipinski definition) is 0. The minimum Gasteiger partial charge on any atom is -0.304 e. The SMILES string of the molecule is CCC/C(SC(F)(F)P(=O)(OCC)OCC)=C(\Cl)c1ccc(C)cc1. The third-order valence-corrected chi connectivity index (χ3v) is 7.43. The summed E-state index contributed by atoms with van der Waals surface area (Å²) in [6.45, 7) is 6.52. The van der Waals surface area contributed by atoms with E-state index in [1.807, 2.05) is 26.0 Å². The Bertz CT molecular complexity index is 625. The molecule has 8 heteroatoms. The lowest BCUT2D eigenvalue weighted by atomic mass is 10.1. The van der Waals surface area contributed by atoms with E-state index in [4.69, 9.17) is 20.6 Å². The molecule has 142 valence electrons. The lowest BCUT2D eigenvalue weighted by molar-refractivity contribution is 0.112. The first-order valence-corrected chi connectivity index (χ1v) is 10.9. The van der Waals surface area contributed by atoms with Crippen LogP contribution in [0.5, 0.6) is 0 Å². The van der Waals surface area contributed by atoms with Gasteiger partial charge in [-0.2, -0.15) is 8.78 Å². The van der Waals surface area contributed by atoms with E-state index in [9.17, 15) is 13.3 Å². The van der Waals surface area contributed by atoms with Crippen LogP contribution in [0.1, 0.15) is 44.7 Å². The molecule has 0 aliphatic heterocycles. The molecule has 0 bridgehead atoms. The molecule has 0 N–H and O–H groups in total. The molecule has 0 fully saturated rings. The van der Waals surface area contributed by atoms with E-state index >= 15 is 0 Å². The zero-order chi connectivity index (χ0) is 19.1. The molecule has 0 saturated heterocycles. The van der Waals surface area contributed by atoms with Crippen LogP contribution in [0.2, 0.25) is 0 Å². The second-order valence-corrected chi connectivity index (χ2v) is 9.24. The van der Waals surface area contributed by atoms with Gasteiger partial charge in [-0.05, 0) is 44.5 Å². The fourth-order valence-electron chi connectivity index (χ4n) is 2.03. The summed E-state index contributed by atoms with van der Waals surface area (Å²) >= 11 is 6.53. The summed E-state index contributed by atoms with van der Waals surface area (Å²) in [5.41, 5.74) is 1.68. The predicted octanol–water partition coefficient (Wildman–Crippen LogP) is 7.25. The fraction of sp³-hybridized carbons (Fsp3) is 0.529. The molecule has 0 saturated carbocycles. The van der Waals surface area contributed by atoms with Crippen molar-refractivity contribution >= 4 is 36.0 Å². The molecule has 0 amide bonds. The monoisotopic (exact) mass is 412 g/mol. The van der Waals surface area contributed by atoms with Gasteiger partial charge in [-0.3, -0.25) is 4.57 Å². The molecule has 0 aliphatic rings. The van der Waals surface area contributed by atoms with Crippen LogP contribution in [0.15, 0.2) is 29.2 Å². The number of hydrogen-bond acceptors (Lipinski definition) is 4. The quantitative estimate of drug-likeness (QED) is 0.379. The molecule has 0 aromatic heterocycles. The van der Waals surface area contributed by atoms with Crippen molar-refractivity contribution in [1.82, 2.24) is 0 Å². The molecule has 1 aromatic rings. The fourth-order valence-corrected chi connectivity index (χ4v) is 5.32. The Kier molecular flexibility index (Phi) is 9.13. The van der Waals surface area contributed by atoms with E-state index in [1.165, 1.54) is 13.8 Å². The van der Waals surface area contributed by atoms with Gasteiger partial charge >= 0.3 is 12.6 Å². The molecule has 1 aromatic carbocycles. The van der Waals surface area contributed by atoms with E-state index in [0.29, 0.717) is 18.4 Å². The van der Waals surface area contributed by atoms with Crippen LogP contribution in [0.3, 0.4) is 0 Å². The molecule has 0 spiro atoms. The first kappa shape index (κ1) is 22.7. The Morgan fingerprint density at radius 3 is 2.12 bits per heavy atom. The molecule has 0 atom stereocenters. The molecule has 3 nitrogen and oxygen atoms in total. The highest BCUT2D eigenvalue weighted by atomic mass is 35.5. The van der Waals surface area contributed by atoms with Gasteiger partial charge in [0.15, 0.2) is 0 Å². The number of alkyl halides is 2. The van der Waals surface area contributed by atoms with E-state index in [2.05, 4.69) is 0 Å². The van der Waals surface area contributed by atoms with Crippen molar-refractivity contribution in [3.05, 3.63) is 40.3 Å². The molecule has 0 aliphatic carbocycles. The predicted molar refractivity (Wildman–Crippen MR) is 102 cm³/mol. The van der Waals surface area contributed by atoms with Crippen molar-refractivity contribution in [2.45, 2.75) is 45.5 Å². The van der Waals surface area contributed by atoms with Gasteiger partial charge in [-0.25, -0.2) is 0 Å². The van der Waals surface area contributed by atoms with Gasteiger partial charge < -0.3 is 9.05 Å². The van der Waals surface area contributed by atoms with Gasteiger partial charge in [0.1, 0.15) is 0 Å². The molecule has 25 heavy (non-hydrogen) atoms. The maximum Gasteiger partial charge on any atom is 0.410 e. The van der Waals surface area contributed by atoms with Crippen molar-refractivity contribution in [2.24, 2.45) is 0 Å². The minimum atomic E-state index is -4.60. The number of allylic oxidation sites excluding steroid dienone is 1. The number of benzene rings is 1. The highest BCUT2D eigenvalue weighted by Gasteiger charge is 2.54. The van der Waals surface area contributed by atoms with Crippen LogP contribution in [0.4, 0.5) is 8.78 Å². The summed E-state index contributed by atoms with van der Waals surface area (Å²) in [5.74, 6) is 0. The maximum absolute atomic E-state index is 14.7. The van der Waals surface area contributed by atoms with Gasteiger partial charge in [-0.1, -0.05) is 54.8 Å². The van der Waals surface area contributed by atoms with Gasteiger partial charge in [0.05, 0.1) is 18.2 Å². The van der Waals surface area contributed by atoms with Crippen molar-refractivity contribution < 1.29 is 22.4 Å². The lowest BCUT2D eigenvalue weighted by Gasteiger charge is -2.26. The second-order valence-electron chi connectivity index (χ2n) is 5.27. The first-order chi connectivity index (χ1) is 11.7. The highest BCUT2D eigenvalue weighted by Crippen LogP contribution is 2.68. The first-order valence-electron chi connectivity index (χ1n) is 8.12. The van der Waals surface area contributed by atoms with E-state index in [0.717, 1.165) is 5.56 Å². The number of thioether (sulfide) groups is 1. The van der Waals surface area contributed by atoms with Crippen LogP contribution >= 0.6 is 31.0 Å². The van der Waals surface area contributed by atoms with Crippen molar-refractivity contribution in [3.63, 3.8) is 0 Å². The highest BCUT2D eigenvalue weighted by molar-refractivity contribution is 8.09. The summed E-state index contributed by atoms with van der Waals surface area (Å²) in [5, 5.41) is 0.228. The second kappa shape index (κ2) is 10.1. The Morgan fingerprint density at radius 1 is 1.16 bits per heavy atom. The van der Waals surface area contributed by atoms with Crippen LogP contribution < -0.4 is 0 Å². The zero-order valence-electron chi connectivity index (χ0n) is 14.9. The summed E-state index contributed by atoms with van der Waals surface area (Å²) in [6.07, 6.45) is 0.958. The Hall–Kier alpha value is -0.390. The van der Waals surface area contributed by atoms with Gasteiger partial charge in [0.25, 0.3) is 0 Å². The van der Waals surface area contributed by atoms with Crippen LogP contribution in [0, 0.1) is 6.92 Å². The summed E-state index contributed by atoms with van der Waals surface area (Å²) in [6, 6.07) is 7.26. The van der Waals surface area contributed by atoms with Crippen molar-refractivity contribution in [1.29, 1.82) is 0 Å². The largest absolute Gasteiger partial charge is 0.410 e. The molecule has 1 rings (SSSR count). The van der Waals surface area contributed by atoms with Gasteiger partial charge in [0, 0.05) is 4.91 Å². The van der Waals surface area contributed by atoms with E-state index in [-0.39, 0.29) is 34.9 Å². The van der Waals surface area contributed by atoms with Crippen molar-refractivity contribution in [3.8, 4) is 0 Å². The number of halogens is 3. The Morgan fingerprint density at radius 2 is 1.68 bits per heavy atom. The average Bonchev–Trinajstić information content (AvgIpc) is 2.54. The molecular weight excluding hydrogens is 389 g/mol. The average molecular weight is 413 g/mol. The van der Waals surface area contributed by atoms with Crippen molar-refractivity contribution in [2.75, 3.05) is 13.2 Å². The maximum atomic E-state index is 14.7. The third-order valence-electron chi connectivity index (χ3n) is 3.19. The summed E-state index contributed by atoms with van der Waals surface area (Å²) in [4.78, 5) is -3.47. The topological polar surface area (TPSA) is 35.5 Å². The number of rotatable bonds is 10. The van der Waals surface area contributed by atoms with Gasteiger partial charge in [0.2, 0.25) is 0 Å². The normalized spacial score (nSPS) is 13.7. The Balaban J connectivity index is 3.23. The lowest BCUT2D eigenvalue weighted by Crippen LogP contribution is -2.17. The summed E-state index contributed by atoms with van der Waals surface area (Å²) < 4.78 is 51.6. The molecule has 0 unspecified atom stereocenters. The molecular formula is C17H24ClF2O3PS. The number of aryl methyl sites for hydroxylation is 1. The zero-order valence-corrected chi connectivity index (χ0v) is 17.3. The molecule has 0 radical (unpaired) electrons. The Labute approximate surface area is 157 Å². The van der Waals surface area contributed by atoms with Crippen LogP contribution in [-0.4, -0.2) is 18.2 Å². The van der Waals surface area contributed by atoms with E-state index < -0.39 is 12.6 Å². The van der Waals surface area contributed by atoms with Gasteiger partial charge in [-0.15, -0.1) is 0 Å². The smallest absolute Gasteiger partial charge is 0.304 e. The van der Waals surface area contributed by atoms with Crippen LogP contribution in [0.25, 0.3) is 5.03 Å². The molecule has 0 heterocycles. The summed E-state index contributed by atoms with van der Waals surface area (Å²) in [7, 11) is -4.60. The van der Waals surface area contributed by atoms with E-state index in [1.54, 1.807) is 12.1 Å². The minimum absolute atomic E-state index is 0.133. The van der Waals surface area contributed by atoms with Crippen LogP contribution in [-0.2, 0) is 13.6 Å². The third kappa shape index (κ3) is 6.07.